The first-order chi connectivity index (χ1) is 12.8. The molecule has 6 heteroatoms. The van der Waals surface area contributed by atoms with Gasteiger partial charge in [0.2, 0.25) is 0 Å². The maximum atomic E-state index is 5.49. The summed E-state index contributed by atoms with van der Waals surface area (Å²) in [4.78, 5) is 6.97. The Morgan fingerprint density at radius 3 is 2.73 bits per heavy atom. The van der Waals surface area contributed by atoms with Crippen molar-refractivity contribution in [1.29, 1.82) is 0 Å². The van der Waals surface area contributed by atoms with Crippen LogP contribution in [0, 0.1) is 0 Å². The monoisotopic (exact) mass is 357 g/mol. The normalized spacial score (nSPS) is 21.1. The quantitative estimate of drug-likeness (QED) is 0.793. The van der Waals surface area contributed by atoms with Crippen molar-refractivity contribution in [2.45, 2.75) is 57.5 Å². The third-order valence-corrected chi connectivity index (χ3v) is 5.95. The summed E-state index contributed by atoms with van der Waals surface area (Å²) in [6, 6.07) is 1.01. The molecule has 0 radical (unpaired) electrons. The van der Waals surface area contributed by atoms with Gasteiger partial charge >= 0.3 is 0 Å². The molecule has 1 unspecified atom stereocenters. The zero-order valence-electron chi connectivity index (χ0n) is 15.9. The summed E-state index contributed by atoms with van der Waals surface area (Å²) < 4.78 is 10.0. The number of nitrogens with zero attached hydrogens (tertiary/aromatic N) is 5. The SMILES string of the molecule is CCC(CN1CCOCC1)n1cncc1-c1cnn(C2CCCCC2)c1. The second-order valence-electron chi connectivity index (χ2n) is 7.66. The van der Waals surface area contributed by atoms with Crippen molar-refractivity contribution >= 4 is 0 Å². The van der Waals surface area contributed by atoms with Crippen molar-refractivity contribution in [2.75, 3.05) is 32.8 Å². The maximum Gasteiger partial charge on any atom is 0.0954 e. The van der Waals surface area contributed by atoms with E-state index in [0.29, 0.717) is 12.1 Å². The maximum absolute atomic E-state index is 5.49. The first-order valence-corrected chi connectivity index (χ1v) is 10.2. The van der Waals surface area contributed by atoms with Gasteiger partial charge in [-0.05, 0) is 19.3 Å². The van der Waals surface area contributed by atoms with Gasteiger partial charge in [-0.1, -0.05) is 26.2 Å². The first kappa shape index (κ1) is 17.7. The lowest BCUT2D eigenvalue weighted by molar-refractivity contribution is 0.0313. The van der Waals surface area contributed by atoms with E-state index in [9.17, 15) is 0 Å². The highest BCUT2D eigenvalue weighted by atomic mass is 16.5. The van der Waals surface area contributed by atoms with Crippen molar-refractivity contribution in [2.24, 2.45) is 0 Å². The Morgan fingerprint density at radius 2 is 1.96 bits per heavy atom. The summed E-state index contributed by atoms with van der Waals surface area (Å²) in [5.74, 6) is 0. The highest BCUT2D eigenvalue weighted by Gasteiger charge is 2.21. The van der Waals surface area contributed by atoms with Crippen LogP contribution in [0.3, 0.4) is 0 Å². The largest absolute Gasteiger partial charge is 0.379 e. The number of morpholine rings is 1. The predicted molar refractivity (Wildman–Crippen MR) is 102 cm³/mol. The number of hydrogen-bond donors (Lipinski definition) is 0. The molecule has 2 aliphatic rings. The molecule has 6 nitrogen and oxygen atoms in total. The van der Waals surface area contributed by atoms with Gasteiger partial charge in [0.25, 0.3) is 0 Å². The number of rotatable bonds is 6. The number of hydrogen-bond acceptors (Lipinski definition) is 4. The lowest BCUT2D eigenvalue weighted by Gasteiger charge is -2.31. The fraction of sp³-hybridized carbons (Fsp3) is 0.700. The molecule has 1 saturated heterocycles. The minimum atomic E-state index is 0.434. The molecule has 26 heavy (non-hydrogen) atoms. The molecule has 1 aliphatic carbocycles. The Balaban J connectivity index is 1.51. The van der Waals surface area contributed by atoms with Gasteiger partial charge in [0.05, 0.1) is 43.7 Å². The van der Waals surface area contributed by atoms with Crippen LogP contribution in [0.4, 0.5) is 0 Å². The van der Waals surface area contributed by atoms with Crippen molar-refractivity contribution in [1.82, 2.24) is 24.2 Å². The number of imidazole rings is 1. The van der Waals surface area contributed by atoms with E-state index < -0.39 is 0 Å². The van der Waals surface area contributed by atoms with E-state index in [2.05, 4.69) is 37.4 Å². The van der Waals surface area contributed by atoms with E-state index >= 15 is 0 Å². The van der Waals surface area contributed by atoms with Gasteiger partial charge in [-0.3, -0.25) is 9.58 Å². The summed E-state index contributed by atoms with van der Waals surface area (Å²) in [5.41, 5.74) is 2.38. The summed E-state index contributed by atoms with van der Waals surface area (Å²) in [5, 5.41) is 4.69. The topological polar surface area (TPSA) is 48.1 Å². The Morgan fingerprint density at radius 1 is 1.15 bits per heavy atom. The Bertz CT molecular complexity index is 682. The average Bonchev–Trinajstić information content (AvgIpc) is 3.37. The highest BCUT2D eigenvalue weighted by molar-refractivity contribution is 5.56. The minimum absolute atomic E-state index is 0.434. The average molecular weight is 358 g/mol. The van der Waals surface area contributed by atoms with E-state index in [0.717, 1.165) is 39.3 Å². The fourth-order valence-corrected chi connectivity index (χ4v) is 4.33. The van der Waals surface area contributed by atoms with Gasteiger partial charge in [-0.15, -0.1) is 0 Å². The summed E-state index contributed by atoms with van der Waals surface area (Å²) in [6.07, 6.45) is 15.9. The molecule has 3 heterocycles. The lowest BCUT2D eigenvalue weighted by Crippen LogP contribution is -2.39. The number of ether oxygens (including phenoxy) is 1. The van der Waals surface area contributed by atoms with Crippen LogP contribution in [-0.2, 0) is 4.74 Å². The van der Waals surface area contributed by atoms with Crippen LogP contribution in [0.15, 0.2) is 24.9 Å². The van der Waals surface area contributed by atoms with E-state index in [-0.39, 0.29) is 0 Å². The van der Waals surface area contributed by atoms with E-state index in [1.807, 2.05) is 18.7 Å². The third kappa shape index (κ3) is 3.86. The van der Waals surface area contributed by atoms with Crippen LogP contribution in [0.5, 0.6) is 0 Å². The molecule has 1 saturated carbocycles. The molecule has 142 valence electrons. The van der Waals surface area contributed by atoms with Crippen LogP contribution >= 0.6 is 0 Å². The second-order valence-corrected chi connectivity index (χ2v) is 7.66. The Labute approximate surface area is 156 Å². The molecule has 0 amide bonds. The first-order valence-electron chi connectivity index (χ1n) is 10.2. The summed E-state index contributed by atoms with van der Waals surface area (Å²) >= 11 is 0. The van der Waals surface area contributed by atoms with Gasteiger partial charge in [0.15, 0.2) is 0 Å². The Kier molecular flexibility index (Phi) is 5.70. The van der Waals surface area contributed by atoms with Gasteiger partial charge in [-0.2, -0.15) is 5.10 Å². The van der Waals surface area contributed by atoms with Crippen molar-refractivity contribution in [3.63, 3.8) is 0 Å². The minimum Gasteiger partial charge on any atom is -0.379 e. The zero-order chi connectivity index (χ0) is 17.8. The van der Waals surface area contributed by atoms with Gasteiger partial charge in [0.1, 0.15) is 0 Å². The van der Waals surface area contributed by atoms with Crippen LogP contribution in [-0.4, -0.2) is 57.1 Å². The molecule has 0 bridgehead atoms. The van der Waals surface area contributed by atoms with E-state index in [1.54, 1.807) is 0 Å². The molecule has 0 N–H and O–H groups in total. The van der Waals surface area contributed by atoms with Gasteiger partial charge in [0, 0.05) is 37.4 Å². The zero-order valence-corrected chi connectivity index (χ0v) is 15.9. The molecule has 2 aromatic heterocycles. The van der Waals surface area contributed by atoms with Crippen molar-refractivity contribution in [3.05, 3.63) is 24.9 Å². The molecule has 0 aromatic carbocycles. The molecule has 1 atom stereocenters. The molecule has 0 spiro atoms. The standard InChI is InChI=1S/C20H31N5O/c1-2-18(15-23-8-10-26-11-9-23)24-16-21-13-20(24)17-12-22-25(14-17)19-6-4-3-5-7-19/h12-14,16,18-19H,2-11,15H2,1H3. The van der Waals surface area contributed by atoms with Crippen LogP contribution < -0.4 is 0 Å². The summed E-state index contributed by atoms with van der Waals surface area (Å²) in [7, 11) is 0. The second kappa shape index (κ2) is 8.35. The number of aromatic nitrogens is 4. The van der Waals surface area contributed by atoms with Crippen molar-refractivity contribution in [3.8, 4) is 11.3 Å². The predicted octanol–water partition coefficient (Wildman–Crippen LogP) is 3.54. The molecule has 4 rings (SSSR count). The lowest BCUT2D eigenvalue weighted by atomic mass is 9.96. The summed E-state index contributed by atoms with van der Waals surface area (Å²) in [6.45, 7) is 7.07. The smallest absolute Gasteiger partial charge is 0.0954 e. The van der Waals surface area contributed by atoms with Crippen LogP contribution in [0.25, 0.3) is 11.3 Å². The molecule has 2 aromatic rings. The molecular formula is C20H31N5O. The third-order valence-electron chi connectivity index (χ3n) is 5.95. The van der Waals surface area contributed by atoms with E-state index in [1.165, 1.54) is 43.4 Å². The fourth-order valence-electron chi connectivity index (χ4n) is 4.33. The molecule has 2 fully saturated rings. The van der Waals surface area contributed by atoms with Gasteiger partial charge < -0.3 is 9.30 Å². The van der Waals surface area contributed by atoms with Crippen molar-refractivity contribution < 1.29 is 4.74 Å². The molecule has 1 aliphatic heterocycles. The highest BCUT2D eigenvalue weighted by Crippen LogP contribution is 2.30. The van der Waals surface area contributed by atoms with Gasteiger partial charge in [-0.25, -0.2) is 4.98 Å². The Hall–Kier alpha value is -1.66. The van der Waals surface area contributed by atoms with Crippen LogP contribution in [0.2, 0.25) is 0 Å². The van der Waals surface area contributed by atoms with E-state index in [4.69, 9.17) is 4.74 Å². The van der Waals surface area contributed by atoms with Crippen LogP contribution in [0.1, 0.15) is 57.5 Å². The molecular weight excluding hydrogens is 326 g/mol.